The lowest BCUT2D eigenvalue weighted by Gasteiger charge is -2.36. The number of halogens is 3. The molecule has 1 fully saturated rings. The number of nitrogens with one attached hydrogen (secondary N) is 1. The first-order valence-electron chi connectivity index (χ1n) is 12.0. The van der Waals surface area contributed by atoms with Crippen LogP contribution in [0, 0.1) is 25.4 Å². The number of aryl methyl sites for hydroxylation is 2. The van der Waals surface area contributed by atoms with E-state index in [1.54, 1.807) is 12.1 Å². The highest BCUT2D eigenvalue weighted by Crippen LogP contribution is 2.39. The van der Waals surface area contributed by atoms with Gasteiger partial charge in [-0.05, 0) is 56.0 Å². The van der Waals surface area contributed by atoms with Gasteiger partial charge in [0.2, 0.25) is 0 Å². The maximum absolute atomic E-state index is 11.8. The largest absolute Gasteiger partial charge is 0.490 e. The smallest absolute Gasteiger partial charge is 0.405 e. The molecule has 0 saturated carbocycles. The topological polar surface area (TPSA) is 88.0 Å². The molecule has 204 valence electrons. The second-order valence-corrected chi connectivity index (χ2v) is 8.55. The summed E-state index contributed by atoms with van der Waals surface area (Å²) in [7, 11) is 0. The minimum atomic E-state index is -4.16. The van der Waals surface area contributed by atoms with E-state index >= 15 is 0 Å². The van der Waals surface area contributed by atoms with E-state index in [1.165, 1.54) is 11.7 Å². The van der Waals surface area contributed by atoms with Crippen LogP contribution in [0.4, 0.5) is 18.9 Å². The Morgan fingerprint density at radius 2 is 1.73 bits per heavy atom. The van der Waals surface area contributed by atoms with Crippen LogP contribution < -0.4 is 10.1 Å². The number of alkyl halides is 3. The highest BCUT2D eigenvalue weighted by Gasteiger charge is 2.33. The van der Waals surface area contributed by atoms with Crippen LogP contribution in [0.2, 0.25) is 0 Å². The van der Waals surface area contributed by atoms with Gasteiger partial charge in [0, 0.05) is 36.8 Å². The Labute approximate surface area is 216 Å². The third-order valence-electron chi connectivity index (χ3n) is 5.91. The molecule has 0 bridgehead atoms. The molecule has 2 heterocycles. The summed E-state index contributed by atoms with van der Waals surface area (Å²) >= 11 is 0. The molecule has 37 heavy (non-hydrogen) atoms. The van der Waals surface area contributed by atoms with E-state index in [0.29, 0.717) is 18.0 Å². The van der Waals surface area contributed by atoms with E-state index in [-0.39, 0.29) is 12.2 Å². The van der Waals surface area contributed by atoms with Crippen molar-refractivity contribution < 1.29 is 37.7 Å². The molecule has 0 aliphatic carbocycles. The molecule has 3 N–H and O–H groups in total. The monoisotopic (exact) mass is 523 g/mol. The number of rotatable bonds is 4. The summed E-state index contributed by atoms with van der Waals surface area (Å²) in [6, 6.07) is 13.0. The Morgan fingerprint density at radius 1 is 1.14 bits per heavy atom. The zero-order valence-electron chi connectivity index (χ0n) is 21.3. The molecule has 2 unspecified atom stereocenters. The van der Waals surface area contributed by atoms with Crippen LogP contribution >= 0.6 is 0 Å². The Balaban J connectivity index is 0.000000324. The van der Waals surface area contributed by atoms with E-state index < -0.39 is 12.7 Å². The van der Waals surface area contributed by atoms with Crippen molar-refractivity contribution in [1.29, 1.82) is 0 Å². The van der Waals surface area contributed by atoms with Gasteiger partial charge in [-0.1, -0.05) is 37.1 Å². The first kappa shape index (κ1) is 31.8. The number of terminal acetylenes is 1. The van der Waals surface area contributed by atoms with Crippen molar-refractivity contribution in [1.82, 2.24) is 0 Å². The molecule has 0 amide bonds. The summed E-state index contributed by atoms with van der Waals surface area (Å²) in [6.45, 7) is 6.69. The van der Waals surface area contributed by atoms with Gasteiger partial charge in [0.25, 0.3) is 0 Å². The van der Waals surface area contributed by atoms with E-state index in [2.05, 4.69) is 11.7 Å². The van der Waals surface area contributed by atoms with Gasteiger partial charge < -0.3 is 29.8 Å². The molecule has 6 nitrogen and oxygen atoms in total. The first-order chi connectivity index (χ1) is 17.7. The Kier molecular flexibility index (Phi) is 14.2. The third-order valence-corrected chi connectivity index (χ3v) is 5.91. The molecule has 2 aromatic carbocycles. The molecular weight excluding hydrogens is 487 g/mol. The summed E-state index contributed by atoms with van der Waals surface area (Å²) in [5.41, 5.74) is 3.72. The second-order valence-electron chi connectivity index (χ2n) is 8.55. The van der Waals surface area contributed by atoms with Crippen LogP contribution in [-0.2, 0) is 16.0 Å². The zero-order valence-corrected chi connectivity index (χ0v) is 21.3. The van der Waals surface area contributed by atoms with Crippen molar-refractivity contribution in [2.24, 2.45) is 5.92 Å². The van der Waals surface area contributed by atoms with Gasteiger partial charge in [-0.25, -0.2) is 0 Å². The predicted molar refractivity (Wildman–Crippen MR) is 137 cm³/mol. The van der Waals surface area contributed by atoms with Crippen molar-refractivity contribution in [3.05, 3.63) is 59.2 Å². The van der Waals surface area contributed by atoms with Gasteiger partial charge >= 0.3 is 6.18 Å². The number of aliphatic hydroxyl groups is 2. The molecule has 0 aromatic heterocycles. The first-order valence-corrected chi connectivity index (χ1v) is 12.0. The quantitative estimate of drug-likeness (QED) is 0.453. The van der Waals surface area contributed by atoms with Crippen LogP contribution in [0.1, 0.15) is 49.0 Å². The van der Waals surface area contributed by atoms with Crippen molar-refractivity contribution in [3.8, 4) is 18.3 Å². The number of ether oxygens (including phenoxy) is 2. The van der Waals surface area contributed by atoms with Crippen LogP contribution in [0.5, 0.6) is 5.75 Å². The predicted octanol–water partition coefficient (Wildman–Crippen LogP) is 5.59. The molecule has 2 aliphatic heterocycles. The van der Waals surface area contributed by atoms with Gasteiger partial charge in [-0.15, -0.1) is 0 Å². The van der Waals surface area contributed by atoms with Gasteiger partial charge in [0.15, 0.2) is 0 Å². The fourth-order valence-corrected chi connectivity index (χ4v) is 4.03. The van der Waals surface area contributed by atoms with Crippen molar-refractivity contribution in [2.45, 2.75) is 57.9 Å². The lowest BCUT2D eigenvalue weighted by atomic mass is 9.86. The van der Waals surface area contributed by atoms with Gasteiger partial charge in [-0.2, -0.15) is 13.2 Å². The van der Waals surface area contributed by atoms with E-state index in [9.17, 15) is 18.3 Å². The number of aliphatic hydroxyl groups excluding tert-OH is 2. The maximum Gasteiger partial charge on any atom is 0.405 e. The lowest BCUT2D eigenvalue weighted by molar-refractivity contribution is -0.115. The summed E-state index contributed by atoms with van der Waals surface area (Å²) in [5.74, 6) is 1.37. The third kappa shape index (κ3) is 11.6. The molecule has 2 aromatic rings. The number of carbonyl (C=O) groups excluding carboxylic acids is 1. The van der Waals surface area contributed by atoms with Crippen LogP contribution in [0.25, 0.3) is 0 Å². The van der Waals surface area contributed by atoms with Crippen molar-refractivity contribution in [2.75, 3.05) is 25.1 Å². The maximum atomic E-state index is 11.8. The van der Waals surface area contributed by atoms with Crippen LogP contribution in [0.15, 0.2) is 42.5 Å². The average molecular weight is 524 g/mol. The Hall–Kier alpha value is -3.22. The molecule has 0 radical (unpaired) electrons. The highest BCUT2D eigenvalue weighted by atomic mass is 19.4. The van der Waals surface area contributed by atoms with Crippen LogP contribution in [-0.4, -0.2) is 49.0 Å². The Morgan fingerprint density at radius 3 is 2.27 bits per heavy atom. The standard InChI is InChI=1S/C15H20O3.C10H12F3N.C2H2O.CH2O/c1-10-2-3-14-12(8-10)13(16)9-15(18-14)11-4-6-17-7-5-11;1-2-8-3-5-9(6-4-8)14-7-10(11,12)13;1-2-3;1-2/h2-3,8,11,13,15-16H,4-7,9H2,1H3;3-6,14H,2,7H2,1H3;1,3H;1H2. The lowest BCUT2D eigenvalue weighted by Crippen LogP contribution is -2.36. The number of benzene rings is 2. The molecule has 2 atom stereocenters. The molecule has 4 rings (SSSR count). The van der Waals surface area contributed by atoms with E-state index in [1.807, 2.05) is 51.0 Å². The molecule has 9 heteroatoms. The molecule has 1 saturated heterocycles. The minimum absolute atomic E-state index is 0.138. The van der Waals surface area contributed by atoms with Gasteiger partial charge in [-0.3, -0.25) is 0 Å². The second kappa shape index (κ2) is 16.5. The normalized spacial score (nSPS) is 18.5. The number of carbonyl (C=O) groups is 1. The SMILES string of the molecule is C#CO.C=O.CCc1ccc(NCC(F)(F)F)cc1.Cc1ccc2c(c1)C(O)CC(C1CCOCC1)O2. The summed E-state index contributed by atoms with van der Waals surface area (Å²) < 4.78 is 46.9. The molecule has 0 spiro atoms. The molecular formula is C28H36F3NO5. The summed E-state index contributed by atoms with van der Waals surface area (Å²) in [4.78, 5) is 8.00. The van der Waals surface area contributed by atoms with E-state index in [4.69, 9.17) is 19.4 Å². The molecule has 2 aliphatic rings. The number of hydrogen-bond donors (Lipinski definition) is 3. The van der Waals surface area contributed by atoms with Crippen molar-refractivity contribution >= 4 is 12.5 Å². The number of fused-ring (bicyclic) bond motifs is 1. The summed E-state index contributed by atoms with van der Waals surface area (Å²) in [6.07, 6.45) is 4.67. The fourth-order valence-electron chi connectivity index (χ4n) is 4.03. The minimum Gasteiger partial charge on any atom is -0.490 e. The van der Waals surface area contributed by atoms with Gasteiger partial charge in [0.1, 0.15) is 31.3 Å². The van der Waals surface area contributed by atoms with Crippen LogP contribution in [0.3, 0.4) is 0 Å². The van der Waals surface area contributed by atoms with Crippen molar-refractivity contribution in [3.63, 3.8) is 0 Å². The average Bonchev–Trinajstić information content (AvgIpc) is 2.90. The fraction of sp³-hybridized carbons (Fsp3) is 0.464. The number of hydrogen-bond acceptors (Lipinski definition) is 6. The van der Waals surface area contributed by atoms with E-state index in [0.717, 1.165) is 49.4 Å². The zero-order chi connectivity index (χ0) is 27.8. The highest BCUT2D eigenvalue weighted by molar-refractivity contribution is 5.44. The summed E-state index contributed by atoms with van der Waals surface area (Å²) in [5, 5.41) is 19.7. The van der Waals surface area contributed by atoms with Gasteiger partial charge in [0.05, 0.1) is 6.10 Å². The Bertz CT molecular complexity index is 954. The number of anilines is 1.